The van der Waals surface area contributed by atoms with Crippen molar-refractivity contribution < 1.29 is 24.0 Å². The molecule has 2 amide bonds. The van der Waals surface area contributed by atoms with Crippen LogP contribution in [0.2, 0.25) is 0 Å². The number of nitro benzene ring substituents is 1. The molecule has 4 rings (SSSR count). The van der Waals surface area contributed by atoms with Crippen molar-refractivity contribution in [2.45, 2.75) is 0 Å². The van der Waals surface area contributed by atoms with E-state index in [1.54, 1.807) is 36.4 Å². The van der Waals surface area contributed by atoms with Gasteiger partial charge in [-0.1, -0.05) is 18.2 Å². The Bertz CT molecular complexity index is 1130. The highest BCUT2D eigenvalue weighted by Gasteiger charge is 2.36. The molecule has 1 aliphatic heterocycles. The Labute approximate surface area is 164 Å². The van der Waals surface area contributed by atoms with E-state index in [1.165, 1.54) is 36.4 Å². The van der Waals surface area contributed by atoms with Crippen LogP contribution in [0.5, 0.6) is 5.75 Å². The molecule has 0 saturated heterocycles. The molecule has 0 saturated carbocycles. The van der Waals surface area contributed by atoms with Crippen LogP contribution >= 0.6 is 0 Å². The number of imide groups is 1. The standard InChI is InChI=1S/C21H12N2O6/c24-19-17-6-1-2-7-18(17)20(25)22(19)15-4-3-5-16(12-15)29-21(26)13-8-10-14(11-9-13)23(27)28/h1-12H. The first-order valence-electron chi connectivity index (χ1n) is 8.50. The van der Waals surface area contributed by atoms with Gasteiger partial charge in [-0.3, -0.25) is 19.7 Å². The predicted molar refractivity (Wildman–Crippen MR) is 102 cm³/mol. The van der Waals surface area contributed by atoms with Gasteiger partial charge in [0.2, 0.25) is 0 Å². The second kappa shape index (κ2) is 7.01. The molecule has 0 aromatic heterocycles. The van der Waals surface area contributed by atoms with Crippen LogP contribution in [0.3, 0.4) is 0 Å². The first-order valence-corrected chi connectivity index (χ1v) is 8.50. The molecule has 0 N–H and O–H groups in total. The number of benzene rings is 3. The Morgan fingerprint density at radius 3 is 2.07 bits per heavy atom. The minimum Gasteiger partial charge on any atom is -0.423 e. The lowest BCUT2D eigenvalue weighted by atomic mass is 10.1. The average Bonchev–Trinajstić information content (AvgIpc) is 2.99. The van der Waals surface area contributed by atoms with E-state index in [0.717, 1.165) is 4.90 Å². The number of amides is 2. The average molecular weight is 388 g/mol. The highest BCUT2D eigenvalue weighted by Crippen LogP contribution is 2.30. The Balaban J connectivity index is 1.57. The van der Waals surface area contributed by atoms with E-state index in [4.69, 9.17) is 4.74 Å². The number of hydrogen-bond acceptors (Lipinski definition) is 6. The van der Waals surface area contributed by atoms with Gasteiger partial charge >= 0.3 is 5.97 Å². The molecular formula is C21H12N2O6. The van der Waals surface area contributed by atoms with Crippen molar-refractivity contribution in [2.24, 2.45) is 0 Å². The second-order valence-electron chi connectivity index (χ2n) is 6.18. The number of non-ortho nitro benzene ring substituents is 1. The number of hydrogen-bond donors (Lipinski definition) is 0. The molecule has 0 spiro atoms. The SMILES string of the molecule is O=C(Oc1cccc(N2C(=O)c3ccccc3C2=O)c1)c1ccc([N+](=O)[O-])cc1. The zero-order chi connectivity index (χ0) is 20.5. The smallest absolute Gasteiger partial charge is 0.343 e. The van der Waals surface area contributed by atoms with E-state index in [0.29, 0.717) is 11.1 Å². The normalized spacial score (nSPS) is 12.6. The fourth-order valence-corrected chi connectivity index (χ4v) is 3.00. The Morgan fingerprint density at radius 1 is 0.862 bits per heavy atom. The fraction of sp³-hybridized carbons (Fsp3) is 0. The predicted octanol–water partition coefficient (Wildman–Crippen LogP) is 3.61. The van der Waals surface area contributed by atoms with Gasteiger partial charge in [-0.15, -0.1) is 0 Å². The van der Waals surface area contributed by atoms with Crippen LogP contribution in [0, 0.1) is 10.1 Å². The lowest BCUT2D eigenvalue weighted by Crippen LogP contribution is -2.29. The van der Waals surface area contributed by atoms with Crippen LogP contribution in [-0.4, -0.2) is 22.7 Å². The van der Waals surface area contributed by atoms with Gasteiger partial charge in [0.05, 0.1) is 27.3 Å². The number of ether oxygens (including phenoxy) is 1. The summed E-state index contributed by atoms with van der Waals surface area (Å²) in [6, 6.07) is 17.5. The van der Waals surface area contributed by atoms with Crippen LogP contribution in [0.1, 0.15) is 31.1 Å². The van der Waals surface area contributed by atoms with Crippen molar-refractivity contribution in [1.29, 1.82) is 0 Å². The maximum Gasteiger partial charge on any atom is 0.343 e. The molecule has 1 aliphatic rings. The van der Waals surface area contributed by atoms with Crippen molar-refractivity contribution in [3.63, 3.8) is 0 Å². The summed E-state index contributed by atoms with van der Waals surface area (Å²) >= 11 is 0. The molecule has 0 fully saturated rings. The topological polar surface area (TPSA) is 107 Å². The highest BCUT2D eigenvalue weighted by atomic mass is 16.6. The molecule has 0 atom stereocenters. The van der Waals surface area contributed by atoms with Crippen molar-refractivity contribution in [1.82, 2.24) is 0 Å². The molecule has 0 unspecified atom stereocenters. The minimum absolute atomic E-state index is 0.127. The zero-order valence-corrected chi connectivity index (χ0v) is 14.8. The Kier molecular flexibility index (Phi) is 4.36. The highest BCUT2D eigenvalue weighted by molar-refractivity contribution is 6.34. The maximum atomic E-state index is 12.6. The number of carbonyl (C=O) groups is 3. The molecular weight excluding hydrogens is 376 g/mol. The molecule has 8 nitrogen and oxygen atoms in total. The number of fused-ring (bicyclic) bond motifs is 1. The van der Waals surface area contributed by atoms with Crippen LogP contribution in [-0.2, 0) is 0 Å². The van der Waals surface area contributed by atoms with Gasteiger partial charge < -0.3 is 4.74 Å². The first kappa shape index (κ1) is 18.1. The molecule has 0 aliphatic carbocycles. The number of nitro groups is 1. The van der Waals surface area contributed by atoms with Gasteiger partial charge in [0.15, 0.2) is 0 Å². The monoisotopic (exact) mass is 388 g/mol. The van der Waals surface area contributed by atoms with Crippen LogP contribution < -0.4 is 9.64 Å². The molecule has 0 radical (unpaired) electrons. The second-order valence-corrected chi connectivity index (χ2v) is 6.18. The summed E-state index contributed by atoms with van der Waals surface area (Å²) in [6.45, 7) is 0. The summed E-state index contributed by atoms with van der Waals surface area (Å²) in [6.07, 6.45) is 0. The number of anilines is 1. The van der Waals surface area contributed by atoms with Crippen LogP contribution in [0.25, 0.3) is 0 Å². The van der Waals surface area contributed by atoms with E-state index in [9.17, 15) is 24.5 Å². The summed E-state index contributed by atoms with van der Waals surface area (Å²) < 4.78 is 5.29. The van der Waals surface area contributed by atoms with Crippen LogP contribution in [0.4, 0.5) is 11.4 Å². The summed E-state index contributed by atoms with van der Waals surface area (Å²) in [7, 11) is 0. The number of rotatable bonds is 4. The molecule has 29 heavy (non-hydrogen) atoms. The lowest BCUT2D eigenvalue weighted by Gasteiger charge is -2.15. The fourth-order valence-electron chi connectivity index (χ4n) is 3.00. The van der Waals surface area contributed by atoms with Gasteiger partial charge in [0.1, 0.15) is 5.75 Å². The molecule has 0 bridgehead atoms. The number of esters is 1. The number of nitrogens with zero attached hydrogens (tertiary/aromatic N) is 2. The lowest BCUT2D eigenvalue weighted by molar-refractivity contribution is -0.384. The zero-order valence-electron chi connectivity index (χ0n) is 14.8. The van der Waals surface area contributed by atoms with Crippen molar-refractivity contribution >= 4 is 29.2 Å². The molecule has 3 aromatic rings. The first-order chi connectivity index (χ1) is 14.0. The maximum absolute atomic E-state index is 12.6. The Morgan fingerprint density at radius 2 is 1.48 bits per heavy atom. The minimum atomic E-state index is -0.723. The van der Waals surface area contributed by atoms with E-state index in [-0.39, 0.29) is 22.7 Å². The van der Waals surface area contributed by atoms with Gasteiger partial charge in [0.25, 0.3) is 17.5 Å². The van der Waals surface area contributed by atoms with E-state index < -0.39 is 22.7 Å². The Hall–Kier alpha value is -4.33. The molecule has 142 valence electrons. The summed E-state index contributed by atoms with van der Waals surface area (Å²) in [5.41, 5.74) is 0.873. The quantitative estimate of drug-likeness (QED) is 0.222. The third-order valence-electron chi connectivity index (χ3n) is 4.39. The molecule has 3 aromatic carbocycles. The van der Waals surface area contributed by atoms with Gasteiger partial charge in [-0.2, -0.15) is 0 Å². The number of carbonyl (C=O) groups excluding carboxylic acids is 3. The summed E-state index contributed by atoms with van der Waals surface area (Å²) in [5, 5.41) is 10.7. The van der Waals surface area contributed by atoms with Gasteiger partial charge in [0, 0.05) is 18.2 Å². The van der Waals surface area contributed by atoms with Crippen LogP contribution in [0.15, 0.2) is 72.8 Å². The van der Waals surface area contributed by atoms with Crippen molar-refractivity contribution in [3.05, 3.63) is 99.6 Å². The summed E-state index contributed by atoms with van der Waals surface area (Å²) in [5.74, 6) is -1.50. The van der Waals surface area contributed by atoms with Gasteiger partial charge in [-0.05, 0) is 36.4 Å². The third-order valence-corrected chi connectivity index (χ3v) is 4.39. The summed E-state index contributed by atoms with van der Waals surface area (Å²) in [4.78, 5) is 48.6. The van der Waals surface area contributed by atoms with Crippen molar-refractivity contribution in [3.8, 4) is 5.75 Å². The largest absolute Gasteiger partial charge is 0.423 e. The molecule has 8 heteroatoms. The van der Waals surface area contributed by atoms with Gasteiger partial charge in [-0.25, -0.2) is 9.69 Å². The van der Waals surface area contributed by atoms with Crippen molar-refractivity contribution in [2.75, 3.05) is 4.90 Å². The van der Waals surface area contributed by atoms with E-state index in [2.05, 4.69) is 0 Å². The third kappa shape index (κ3) is 3.23. The van der Waals surface area contributed by atoms with E-state index >= 15 is 0 Å². The molecule has 1 heterocycles. The van der Waals surface area contributed by atoms with E-state index in [1.807, 2.05) is 0 Å².